The minimum atomic E-state index is -4.97. The lowest BCUT2D eigenvalue weighted by molar-refractivity contribution is -0.161. The smallest absolute Gasteiger partial charge is 0.462 e. The number of phosphoric acid groups is 2. The van der Waals surface area contributed by atoms with Gasteiger partial charge in [0.2, 0.25) is 0 Å². The molecule has 0 aromatic rings. The van der Waals surface area contributed by atoms with E-state index < -0.39 is 97.5 Å². The zero-order chi connectivity index (χ0) is 81.3. The molecule has 4 unspecified atom stereocenters. The molecule has 0 amide bonds. The Morgan fingerprint density at radius 2 is 0.432 bits per heavy atom. The van der Waals surface area contributed by atoms with E-state index >= 15 is 0 Å². The van der Waals surface area contributed by atoms with Crippen molar-refractivity contribution in [1.29, 1.82) is 0 Å². The van der Waals surface area contributed by atoms with Gasteiger partial charge in [0, 0.05) is 25.7 Å². The zero-order valence-electron chi connectivity index (χ0n) is 73.3. The number of aliphatic hydroxyl groups is 1. The van der Waals surface area contributed by atoms with Crippen molar-refractivity contribution in [2.45, 2.75) is 516 Å². The third kappa shape index (κ3) is 82.9. The van der Waals surface area contributed by atoms with Crippen LogP contribution in [0, 0.1) is 11.8 Å². The molecule has 0 aliphatic rings. The van der Waals surface area contributed by atoms with Gasteiger partial charge in [-0.1, -0.05) is 446 Å². The lowest BCUT2D eigenvalue weighted by atomic mass is 9.99. The highest BCUT2D eigenvalue weighted by atomic mass is 31.2. The van der Waals surface area contributed by atoms with E-state index in [0.29, 0.717) is 25.7 Å². The zero-order valence-corrected chi connectivity index (χ0v) is 75.1. The molecule has 0 rings (SSSR count). The highest BCUT2D eigenvalue weighted by Gasteiger charge is 2.31. The summed E-state index contributed by atoms with van der Waals surface area (Å²) >= 11 is 0. The molecule has 0 bridgehead atoms. The van der Waals surface area contributed by atoms with Crippen molar-refractivity contribution in [3.63, 3.8) is 0 Å². The van der Waals surface area contributed by atoms with Crippen LogP contribution in [-0.4, -0.2) is 96.7 Å². The van der Waals surface area contributed by atoms with Crippen LogP contribution in [0.15, 0.2) is 0 Å². The summed E-state index contributed by atoms with van der Waals surface area (Å²) in [6.07, 6.45) is 78.0. The second-order valence-electron chi connectivity index (χ2n) is 33.5. The molecule has 17 nitrogen and oxygen atoms in total. The Morgan fingerprint density at radius 1 is 0.252 bits per heavy atom. The van der Waals surface area contributed by atoms with Crippen LogP contribution in [0.5, 0.6) is 0 Å². The number of carbonyl (C=O) groups excluding carboxylic acids is 4. The van der Waals surface area contributed by atoms with Crippen molar-refractivity contribution in [2.24, 2.45) is 11.8 Å². The van der Waals surface area contributed by atoms with Crippen LogP contribution in [0.3, 0.4) is 0 Å². The Bertz CT molecular complexity index is 2120. The third-order valence-electron chi connectivity index (χ3n) is 22.4. The molecule has 19 heteroatoms. The summed E-state index contributed by atoms with van der Waals surface area (Å²) in [6.45, 7) is 9.73. The molecule has 3 N–H and O–H groups in total. The number of phosphoric ester groups is 2. The van der Waals surface area contributed by atoms with Crippen LogP contribution in [0.25, 0.3) is 0 Å². The lowest BCUT2D eigenvalue weighted by Gasteiger charge is -2.21. The first-order valence-electron chi connectivity index (χ1n) is 47.6. The van der Waals surface area contributed by atoms with Crippen molar-refractivity contribution in [3.05, 3.63) is 0 Å². The molecular formula is C92H180O17P2. The van der Waals surface area contributed by atoms with E-state index in [0.717, 1.165) is 108 Å². The van der Waals surface area contributed by atoms with Gasteiger partial charge in [0.25, 0.3) is 0 Å². The third-order valence-corrected chi connectivity index (χ3v) is 24.3. The first kappa shape index (κ1) is 109. The molecular weight excluding hydrogens is 1440 g/mol. The first-order chi connectivity index (χ1) is 53.9. The Labute approximate surface area is 683 Å². The Balaban J connectivity index is 5.22. The minimum Gasteiger partial charge on any atom is -0.462 e. The summed E-state index contributed by atoms with van der Waals surface area (Å²) in [6, 6.07) is 0. The number of ether oxygens (including phenoxy) is 4. The molecule has 111 heavy (non-hydrogen) atoms. The van der Waals surface area contributed by atoms with E-state index in [1.807, 2.05) is 0 Å². The Morgan fingerprint density at radius 3 is 0.640 bits per heavy atom. The molecule has 660 valence electrons. The van der Waals surface area contributed by atoms with Crippen molar-refractivity contribution >= 4 is 39.5 Å². The van der Waals surface area contributed by atoms with Gasteiger partial charge in [0.05, 0.1) is 26.4 Å². The fourth-order valence-electron chi connectivity index (χ4n) is 14.4. The summed E-state index contributed by atoms with van der Waals surface area (Å²) in [5, 5.41) is 10.7. The molecule has 0 saturated heterocycles. The molecule has 0 aromatic heterocycles. The van der Waals surface area contributed by atoms with E-state index in [9.17, 15) is 43.2 Å². The predicted octanol–water partition coefficient (Wildman–Crippen LogP) is 28.6. The van der Waals surface area contributed by atoms with Gasteiger partial charge < -0.3 is 33.8 Å². The highest BCUT2D eigenvalue weighted by molar-refractivity contribution is 7.47. The van der Waals surface area contributed by atoms with Crippen LogP contribution < -0.4 is 0 Å². The summed E-state index contributed by atoms with van der Waals surface area (Å²) in [4.78, 5) is 73.4. The summed E-state index contributed by atoms with van der Waals surface area (Å²) in [7, 11) is -9.94. The first-order valence-corrected chi connectivity index (χ1v) is 50.6. The molecule has 0 aliphatic heterocycles. The van der Waals surface area contributed by atoms with Crippen molar-refractivity contribution in [1.82, 2.24) is 0 Å². The average Bonchev–Trinajstić information content (AvgIpc) is 0.897. The number of aliphatic hydroxyl groups excluding tert-OH is 1. The molecule has 0 spiro atoms. The van der Waals surface area contributed by atoms with Gasteiger partial charge in [0.15, 0.2) is 12.2 Å². The highest BCUT2D eigenvalue weighted by Crippen LogP contribution is 2.45. The number of esters is 4. The van der Waals surface area contributed by atoms with Crippen LogP contribution in [0.2, 0.25) is 0 Å². The number of hydrogen-bond acceptors (Lipinski definition) is 15. The number of carbonyl (C=O) groups is 4. The molecule has 7 atom stereocenters. The minimum absolute atomic E-state index is 0.108. The van der Waals surface area contributed by atoms with Crippen molar-refractivity contribution in [3.8, 4) is 0 Å². The summed E-state index contributed by atoms with van der Waals surface area (Å²) in [5.41, 5.74) is 0. The fraction of sp³-hybridized carbons (Fsp3) is 0.957. The lowest BCUT2D eigenvalue weighted by Crippen LogP contribution is -2.30. The standard InChI is InChI=1S/C92H180O17P2/c1-7-11-13-15-17-19-21-23-25-27-29-30-31-36-39-43-47-51-55-62-68-74-89(94)102-80-87(108-91(96)76-70-65-57-53-49-45-41-37-33-32-34-38-42-46-50-54-60-66-72-84(5)9-3)82-106-110(98,99)104-78-86(93)79-105-111(100,101)107-83-88(81-103-90(95)75-69-63-59-58-61-67-73-85(6)10-4)109-92(97)77-71-64-56-52-48-44-40-35-28-26-24-22-20-18-16-14-12-8-2/h84-88,93H,7-83H2,1-6H3,(H,98,99)(H,100,101)/t84?,85?,86-,87-,88-/m1/s1. The second-order valence-corrected chi connectivity index (χ2v) is 36.4. The van der Waals surface area contributed by atoms with E-state index in [1.165, 1.54) is 308 Å². The van der Waals surface area contributed by atoms with Gasteiger partial charge >= 0.3 is 39.5 Å². The van der Waals surface area contributed by atoms with Crippen LogP contribution >= 0.6 is 15.6 Å². The normalized spacial score (nSPS) is 14.2. The van der Waals surface area contributed by atoms with E-state index in [2.05, 4.69) is 41.5 Å². The average molecular weight is 1620 g/mol. The van der Waals surface area contributed by atoms with Crippen LogP contribution in [-0.2, 0) is 65.4 Å². The SMILES string of the molecule is CCCCCCCCCCCCCCCCCCCCCCCC(=O)OC[C@H](COP(=O)(O)OC[C@@H](O)COP(=O)(O)OC[C@@H](COC(=O)CCCCCCCCC(C)CC)OC(=O)CCCCCCCCCCCCCCCCCCCC)OC(=O)CCCCCCCCCCCCCCCCCCCCC(C)CC. The maximum Gasteiger partial charge on any atom is 0.472 e. The molecule has 0 saturated carbocycles. The molecule has 0 aromatic carbocycles. The van der Waals surface area contributed by atoms with Gasteiger partial charge in [-0.15, -0.1) is 0 Å². The number of rotatable bonds is 91. The molecule has 0 heterocycles. The van der Waals surface area contributed by atoms with Gasteiger partial charge in [-0.2, -0.15) is 0 Å². The maximum absolute atomic E-state index is 13.2. The van der Waals surface area contributed by atoms with Crippen molar-refractivity contribution in [2.75, 3.05) is 39.6 Å². The van der Waals surface area contributed by atoms with Gasteiger partial charge in [-0.05, 0) is 37.5 Å². The predicted molar refractivity (Wildman–Crippen MR) is 460 cm³/mol. The summed E-state index contributed by atoms with van der Waals surface area (Å²) < 4.78 is 69.1. The Hall–Kier alpha value is -1.94. The van der Waals surface area contributed by atoms with E-state index in [4.69, 9.17) is 37.0 Å². The van der Waals surface area contributed by atoms with E-state index in [-0.39, 0.29) is 25.7 Å². The number of unbranched alkanes of at least 4 members (excludes halogenated alkanes) is 59. The monoisotopic (exact) mass is 1620 g/mol. The largest absolute Gasteiger partial charge is 0.472 e. The fourth-order valence-corrected chi connectivity index (χ4v) is 16.0. The van der Waals surface area contributed by atoms with Crippen LogP contribution in [0.1, 0.15) is 497 Å². The number of hydrogen-bond donors (Lipinski definition) is 3. The van der Waals surface area contributed by atoms with Gasteiger partial charge in [0.1, 0.15) is 19.3 Å². The quantitative estimate of drug-likeness (QED) is 0.0222. The molecule has 0 radical (unpaired) electrons. The molecule has 0 fully saturated rings. The maximum atomic E-state index is 13.2. The summed E-state index contributed by atoms with van der Waals surface area (Å²) in [5.74, 6) is -0.495. The molecule has 0 aliphatic carbocycles. The Kier molecular flexibility index (Phi) is 81.7. The second kappa shape index (κ2) is 83.1. The van der Waals surface area contributed by atoms with Gasteiger partial charge in [-0.3, -0.25) is 37.3 Å². The van der Waals surface area contributed by atoms with Gasteiger partial charge in [-0.25, -0.2) is 9.13 Å². The van der Waals surface area contributed by atoms with Crippen LogP contribution in [0.4, 0.5) is 0 Å². The van der Waals surface area contributed by atoms with E-state index in [1.54, 1.807) is 0 Å². The topological polar surface area (TPSA) is 237 Å². The van der Waals surface area contributed by atoms with Crippen molar-refractivity contribution < 1.29 is 80.2 Å².